The number of amides is 2. The van der Waals surface area contributed by atoms with Crippen molar-refractivity contribution in [2.75, 3.05) is 11.5 Å². The van der Waals surface area contributed by atoms with Crippen molar-refractivity contribution in [2.45, 2.75) is 22.4 Å². The fourth-order valence-corrected chi connectivity index (χ4v) is 6.45. The van der Waals surface area contributed by atoms with E-state index >= 15 is 0 Å². The number of nitrogens with one attached hydrogen (secondary N) is 1. The SMILES string of the molecule is O=C(O)C1=C(CSc2nnnn2CS(=O)(=O)O)CS[C@@H]2[C@H](NC(=O)/C(=N/O)c3ccccc3)C(=O)N12.[H-].[H-].[Na+].[Na+]. The number of tetrazole rings is 1. The Kier molecular flexibility index (Phi) is 11.8. The number of nitrogens with zero attached hydrogens (tertiary/aromatic N) is 6. The zero-order valence-corrected chi connectivity index (χ0v) is 26.4. The molecule has 1 aromatic heterocycles. The summed E-state index contributed by atoms with van der Waals surface area (Å²) in [7, 11) is -4.41. The van der Waals surface area contributed by atoms with Gasteiger partial charge in [0.05, 0.1) is 0 Å². The predicted molar refractivity (Wildman–Crippen MR) is 127 cm³/mol. The standard InChI is InChI=1S/C18H17N7O8S3.2Na.2H/c26-14(11(21-30)9-4-2-1-3-5-9)19-12-15(27)25-13(17(28)29)10(6-34-16(12)25)7-35-18-20-22-23-24(18)8-36(31,32)33;;;;/h1-5,12,16,30H,6-8H2,(H,19,26)(H,28,29)(H,31,32,33);;;;/q;2*+1;2*-1/b21-11+;;;;/t12-,16-;;;;/m1..../s1. The number of aromatic nitrogens is 4. The van der Waals surface area contributed by atoms with Gasteiger partial charge >= 0.3 is 65.1 Å². The number of rotatable bonds is 9. The summed E-state index contributed by atoms with van der Waals surface area (Å²) in [5, 5.41) is 34.4. The van der Waals surface area contributed by atoms with Crippen molar-refractivity contribution >= 4 is 57.1 Å². The number of aliphatic carboxylic acids is 1. The quantitative estimate of drug-likeness (QED) is 0.0399. The third kappa shape index (κ3) is 7.18. The van der Waals surface area contributed by atoms with Crippen molar-refractivity contribution in [3.05, 3.63) is 47.2 Å². The van der Waals surface area contributed by atoms with Crippen LogP contribution >= 0.6 is 23.5 Å². The minimum Gasteiger partial charge on any atom is -1.00 e. The molecular formula is C18H19N7Na2O8S3. The van der Waals surface area contributed by atoms with Crippen LogP contribution in [0.15, 0.2) is 51.9 Å². The van der Waals surface area contributed by atoms with Crippen molar-refractivity contribution in [1.82, 2.24) is 30.4 Å². The van der Waals surface area contributed by atoms with Crippen LogP contribution in [-0.4, -0.2) is 94.8 Å². The Morgan fingerprint density at radius 1 is 1.26 bits per heavy atom. The van der Waals surface area contributed by atoms with Crippen LogP contribution in [0.1, 0.15) is 8.42 Å². The second-order valence-electron chi connectivity index (χ2n) is 7.39. The van der Waals surface area contributed by atoms with E-state index < -0.39 is 45.2 Å². The average Bonchev–Trinajstić information content (AvgIpc) is 3.26. The van der Waals surface area contributed by atoms with E-state index in [2.05, 4.69) is 26.0 Å². The summed E-state index contributed by atoms with van der Waals surface area (Å²) in [5.74, 6) is -3.47. The van der Waals surface area contributed by atoms with E-state index in [0.29, 0.717) is 11.1 Å². The topological polar surface area (TPSA) is 217 Å². The van der Waals surface area contributed by atoms with Gasteiger partial charge in [0.15, 0.2) is 11.6 Å². The first kappa shape index (κ1) is 32.7. The molecule has 2 amide bonds. The zero-order chi connectivity index (χ0) is 26.0. The molecule has 0 spiro atoms. The molecule has 0 aliphatic carbocycles. The Hall–Kier alpha value is -1.48. The van der Waals surface area contributed by atoms with Crippen LogP contribution in [-0.2, 0) is 30.4 Å². The van der Waals surface area contributed by atoms with Gasteiger partial charge < -0.3 is 18.5 Å². The Morgan fingerprint density at radius 3 is 2.55 bits per heavy atom. The van der Waals surface area contributed by atoms with Crippen LogP contribution in [0, 0.1) is 0 Å². The molecule has 0 saturated carbocycles. The van der Waals surface area contributed by atoms with E-state index in [9.17, 15) is 33.1 Å². The van der Waals surface area contributed by atoms with Crippen LogP contribution in [0.2, 0.25) is 0 Å². The number of hydrogen-bond acceptors (Lipinski definition) is 12. The van der Waals surface area contributed by atoms with E-state index in [1.165, 1.54) is 11.8 Å². The van der Waals surface area contributed by atoms with Gasteiger partial charge in [-0.25, -0.2) is 9.48 Å². The molecule has 2 aromatic rings. The van der Waals surface area contributed by atoms with Crippen LogP contribution in [0.25, 0.3) is 0 Å². The number of carboxylic acids is 1. The van der Waals surface area contributed by atoms with E-state index in [4.69, 9.17) is 4.55 Å². The second-order valence-corrected chi connectivity index (χ2v) is 10.9. The number of fused-ring (bicyclic) bond motifs is 1. The van der Waals surface area contributed by atoms with Gasteiger partial charge in [-0.1, -0.05) is 47.2 Å². The number of carbonyl (C=O) groups is 3. The molecule has 0 radical (unpaired) electrons. The molecule has 2 atom stereocenters. The van der Waals surface area contributed by atoms with E-state index in [-0.39, 0.29) is 90.0 Å². The van der Waals surface area contributed by atoms with Crippen LogP contribution < -0.4 is 64.4 Å². The number of oxime groups is 1. The Labute approximate surface area is 271 Å². The maximum absolute atomic E-state index is 12.8. The summed E-state index contributed by atoms with van der Waals surface area (Å²) in [5.41, 5.74) is 0.139. The normalized spacial score (nSPS) is 19.0. The molecule has 1 saturated heterocycles. The van der Waals surface area contributed by atoms with Gasteiger partial charge in [0.2, 0.25) is 5.16 Å². The number of benzene rings is 1. The van der Waals surface area contributed by atoms with Gasteiger partial charge in [0, 0.05) is 17.1 Å². The summed E-state index contributed by atoms with van der Waals surface area (Å²) in [4.78, 5) is 38.6. The molecule has 2 aliphatic rings. The number of carbonyl (C=O) groups excluding carboxylic acids is 2. The molecule has 194 valence electrons. The van der Waals surface area contributed by atoms with Crippen molar-refractivity contribution in [3.8, 4) is 0 Å². The largest absolute Gasteiger partial charge is 1.00 e. The van der Waals surface area contributed by atoms with E-state index in [1.54, 1.807) is 30.3 Å². The minimum absolute atomic E-state index is 0. The predicted octanol–water partition coefficient (Wildman–Crippen LogP) is -6.54. The maximum Gasteiger partial charge on any atom is 1.00 e. The van der Waals surface area contributed by atoms with Gasteiger partial charge in [-0.15, -0.1) is 16.9 Å². The van der Waals surface area contributed by atoms with Crippen molar-refractivity contribution < 1.29 is 99.6 Å². The Balaban J connectivity index is 0.00000380. The van der Waals surface area contributed by atoms with Crippen molar-refractivity contribution in [1.29, 1.82) is 0 Å². The fraction of sp³-hybridized carbons (Fsp3) is 0.278. The molecule has 4 rings (SSSR count). The Morgan fingerprint density at radius 2 is 1.95 bits per heavy atom. The summed E-state index contributed by atoms with van der Waals surface area (Å²) < 4.78 is 32.1. The fourth-order valence-electron chi connectivity index (χ4n) is 3.52. The molecule has 3 heterocycles. The molecule has 1 fully saturated rings. The minimum atomic E-state index is -4.41. The van der Waals surface area contributed by atoms with Crippen LogP contribution in [0.4, 0.5) is 0 Å². The molecular weight excluding hydrogens is 584 g/mol. The second kappa shape index (κ2) is 13.7. The number of β-lactam (4-membered cyclic amide) rings is 1. The van der Waals surface area contributed by atoms with Gasteiger partial charge in [0.1, 0.15) is 17.1 Å². The van der Waals surface area contributed by atoms with Crippen molar-refractivity contribution in [3.63, 3.8) is 0 Å². The first-order valence-electron chi connectivity index (χ1n) is 9.93. The molecule has 20 heteroatoms. The summed E-state index contributed by atoms with van der Waals surface area (Å²) >= 11 is 2.15. The molecule has 0 unspecified atom stereocenters. The molecule has 2 aliphatic heterocycles. The van der Waals surface area contributed by atoms with E-state index in [0.717, 1.165) is 21.3 Å². The number of hydrogen-bond donors (Lipinski definition) is 4. The molecule has 0 bridgehead atoms. The first-order chi connectivity index (χ1) is 17.1. The third-order valence-electron chi connectivity index (χ3n) is 5.06. The Bertz CT molecular complexity index is 1400. The van der Waals surface area contributed by atoms with Crippen LogP contribution in [0.3, 0.4) is 0 Å². The smallest absolute Gasteiger partial charge is 1.00 e. The number of thioether (sulfide) groups is 2. The number of carboxylic acid groups (broad SMARTS) is 1. The molecule has 38 heavy (non-hydrogen) atoms. The average molecular weight is 604 g/mol. The van der Waals surface area contributed by atoms with Crippen LogP contribution in [0.5, 0.6) is 0 Å². The maximum atomic E-state index is 12.8. The van der Waals surface area contributed by atoms with Gasteiger partial charge in [0.25, 0.3) is 21.9 Å². The van der Waals surface area contributed by atoms with Gasteiger partial charge in [-0.2, -0.15) is 8.42 Å². The molecule has 4 N–H and O–H groups in total. The summed E-state index contributed by atoms with van der Waals surface area (Å²) in [6.07, 6.45) is 0. The van der Waals surface area contributed by atoms with Gasteiger partial charge in [-0.3, -0.25) is 19.0 Å². The van der Waals surface area contributed by atoms with Gasteiger partial charge in [-0.05, 0) is 16.0 Å². The molecule has 15 nitrogen and oxygen atoms in total. The monoisotopic (exact) mass is 603 g/mol. The zero-order valence-electron chi connectivity index (χ0n) is 22.0. The first-order valence-corrected chi connectivity index (χ1v) is 13.6. The summed E-state index contributed by atoms with van der Waals surface area (Å²) in [6, 6.07) is 7.08. The van der Waals surface area contributed by atoms with E-state index in [1.807, 2.05) is 0 Å². The third-order valence-corrected chi connectivity index (χ3v) is 8.01. The van der Waals surface area contributed by atoms with Crippen molar-refractivity contribution in [2.24, 2.45) is 5.16 Å². The molecule has 1 aromatic carbocycles. The summed E-state index contributed by atoms with van der Waals surface area (Å²) in [6.45, 7) is 0.